The van der Waals surface area contributed by atoms with Crippen LogP contribution in [0.15, 0.2) is 30.3 Å². The van der Waals surface area contributed by atoms with Gasteiger partial charge in [-0.15, -0.1) is 0 Å². The minimum atomic E-state index is -0.791. The van der Waals surface area contributed by atoms with Gasteiger partial charge < -0.3 is 10.0 Å². The van der Waals surface area contributed by atoms with E-state index in [-0.39, 0.29) is 6.42 Å². The Hall–Kier alpha value is -2.10. The van der Waals surface area contributed by atoms with E-state index in [2.05, 4.69) is 11.1 Å². The lowest BCUT2D eigenvalue weighted by Crippen LogP contribution is -2.22. The number of para-hydroxylation sites is 1. The summed E-state index contributed by atoms with van der Waals surface area (Å²) in [6.45, 7) is 2.45. The predicted octanol–water partition coefficient (Wildman–Crippen LogP) is 2.45. The quantitative estimate of drug-likeness (QED) is 0.897. The fraction of sp³-hybridized carbons (Fsp3) is 0.286. The summed E-state index contributed by atoms with van der Waals surface area (Å²) < 4.78 is 0. The molecule has 1 N–H and O–H groups in total. The van der Waals surface area contributed by atoms with Crippen molar-refractivity contribution in [2.45, 2.75) is 13.3 Å². The normalized spacial score (nSPS) is 10.6. The van der Waals surface area contributed by atoms with Crippen LogP contribution in [0, 0.1) is 6.92 Å². The Morgan fingerprint density at radius 1 is 1.39 bits per heavy atom. The van der Waals surface area contributed by atoms with Crippen molar-refractivity contribution in [3.05, 3.63) is 35.9 Å². The number of hydrogen-bond acceptors (Lipinski definition) is 3. The summed E-state index contributed by atoms with van der Waals surface area (Å²) in [7, 11) is 1.87. The zero-order valence-electron chi connectivity index (χ0n) is 10.6. The second kappa shape index (κ2) is 5.04. The van der Waals surface area contributed by atoms with Gasteiger partial charge in [0.15, 0.2) is 0 Å². The van der Waals surface area contributed by atoms with Crippen LogP contribution in [-0.4, -0.2) is 29.7 Å². The van der Waals surface area contributed by atoms with Crippen molar-refractivity contribution >= 4 is 22.7 Å². The van der Waals surface area contributed by atoms with Crippen LogP contribution in [0.3, 0.4) is 0 Å². The smallest absolute Gasteiger partial charge is 0.305 e. The molecule has 94 valence electrons. The summed E-state index contributed by atoms with van der Waals surface area (Å²) >= 11 is 0. The maximum atomic E-state index is 10.6. The van der Waals surface area contributed by atoms with Gasteiger partial charge in [0.1, 0.15) is 5.82 Å². The van der Waals surface area contributed by atoms with Gasteiger partial charge in [-0.25, -0.2) is 4.98 Å². The molecule has 2 rings (SSSR count). The molecule has 1 aromatic carbocycles. The Bertz CT molecular complexity index is 581. The summed E-state index contributed by atoms with van der Waals surface area (Å²) in [5.74, 6) is 0.0512. The lowest BCUT2D eigenvalue weighted by Gasteiger charge is -2.19. The van der Waals surface area contributed by atoms with Crippen LogP contribution >= 0.6 is 0 Å². The first-order chi connectivity index (χ1) is 8.58. The number of carboxylic acids is 1. The highest BCUT2D eigenvalue weighted by Crippen LogP contribution is 2.22. The van der Waals surface area contributed by atoms with Crippen LogP contribution in [0.4, 0.5) is 5.82 Å². The Balaban J connectivity index is 2.32. The van der Waals surface area contributed by atoms with Gasteiger partial charge in [-0.05, 0) is 24.6 Å². The zero-order valence-corrected chi connectivity index (χ0v) is 10.6. The Morgan fingerprint density at radius 2 is 2.11 bits per heavy atom. The molecule has 0 spiro atoms. The van der Waals surface area contributed by atoms with E-state index in [4.69, 9.17) is 5.11 Å². The summed E-state index contributed by atoms with van der Waals surface area (Å²) in [4.78, 5) is 17.1. The van der Waals surface area contributed by atoms with Crippen molar-refractivity contribution in [3.63, 3.8) is 0 Å². The third-order valence-corrected chi connectivity index (χ3v) is 2.91. The number of hydrogen-bond donors (Lipinski definition) is 1. The van der Waals surface area contributed by atoms with E-state index in [0.29, 0.717) is 6.54 Å². The van der Waals surface area contributed by atoms with Crippen LogP contribution in [-0.2, 0) is 4.79 Å². The van der Waals surface area contributed by atoms with E-state index < -0.39 is 5.97 Å². The minimum Gasteiger partial charge on any atom is -0.481 e. The second-order valence-corrected chi connectivity index (χ2v) is 4.39. The van der Waals surface area contributed by atoms with Gasteiger partial charge in [0.2, 0.25) is 0 Å². The first-order valence-corrected chi connectivity index (χ1v) is 5.87. The lowest BCUT2D eigenvalue weighted by molar-refractivity contribution is -0.136. The van der Waals surface area contributed by atoms with Crippen molar-refractivity contribution in [1.82, 2.24) is 4.98 Å². The summed E-state index contributed by atoms with van der Waals surface area (Å²) in [6, 6.07) is 10.00. The number of anilines is 1. The predicted molar refractivity (Wildman–Crippen MR) is 72.0 cm³/mol. The average Bonchev–Trinajstić information content (AvgIpc) is 2.35. The number of rotatable bonds is 4. The van der Waals surface area contributed by atoms with Gasteiger partial charge in [0.25, 0.3) is 0 Å². The van der Waals surface area contributed by atoms with Gasteiger partial charge in [-0.2, -0.15) is 0 Å². The molecule has 1 aromatic heterocycles. The Morgan fingerprint density at radius 3 is 2.83 bits per heavy atom. The number of carboxylic acid groups (broad SMARTS) is 1. The lowest BCUT2D eigenvalue weighted by atomic mass is 10.1. The van der Waals surface area contributed by atoms with Crippen LogP contribution in [0.5, 0.6) is 0 Å². The van der Waals surface area contributed by atoms with Crippen molar-refractivity contribution in [2.24, 2.45) is 0 Å². The number of aliphatic carboxylic acids is 1. The molecule has 1 heterocycles. The number of aromatic nitrogens is 1. The third-order valence-electron chi connectivity index (χ3n) is 2.91. The molecular formula is C14H16N2O2. The van der Waals surface area contributed by atoms with Gasteiger partial charge in [0.05, 0.1) is 11.9 Å². The van der Waals surface area contributed by atoms with E-state index in [1.54, 1.807) is 0 Å². The largest absolute Gasteiger partial charge is 0.481 e. The molecule has 4 heteroatoms. The first kappa shape index (κ1) is 12.4. The standard InChI is InChI=1S/C14H16N2O2/c1-10-9-11-5-3-4-6-12(11)15-14(10)16(2)8-7-13(17)18/h3-6,9H,7-8H2,1-2H3,(H,17,18). The molecule has 0 amide bonds. The zero-order chi connectivity index (χ0) is 13.1. The van der Waals surface area contributed by atoms with Crippen LogP contribution < -0.4 is 4.90 Å². The molecule has 0 atom stereocenters. The van der Waals surface area contributed by atoms with Gasteiger partial charge in [-0.3, -0.25) is 4.79 Å². The highest BCUT2D eigenvalue weighted by molar-refractivity contribution is 5.81. The topological polar surface area (TPSA) is 53.4 Å². The summed E-state index contributed by atoms with van der Waals surface area (Å²) in [6.07, 6.45) is 0.116. The Kier molecular flexibility index (Phi) is 3.46. The number of nitrogens with zero attached hydrogens (tertiary/aromatic N) is 2. The monoisotopic (exact) mass is 244 g/mol. The van der Waals surface area contributed by atoms with Crippen LogP contribution in [0.25, 0.3) is 10.9 Å². The van der Waals surface area contributed by atoms with E-state index >= 15 is 0 Å². The number of pyridine rings is 1. The molecule has 0 aliphatic rings. The van der Waals surface area contributed by atoms with E-state index in [1.165, 1.54) is 0 Å². The highest BCUT2D eigenvalue weighted by atomic mass is 16.4. The maximum absolute atomic E-state index is 10.6. The fourth-order valence-electron chi connectivity index (χ4n) is 1.97. The summed E-state index contributed by atoms with van der Waals surface area (Å²) in [5.41, 5.74) is 1.99. The molecule has 0 unspecified atom stereocenters. The number of fused-ring (bicyclic) bond motifs is 1. The van der Waals surface area contributed by atoms with E-state index in [0.717, 1.165) is 22.3 Å². The Labute approximate surface area is 106 Å². The highest BCUT2D eigenvalue weighted by Gasteiger charge is 2.09. The summed E-state index contributed by atoms with van der Waals surface area (Å²) in [5, 5.41) is 9.81. The minimum absolute atomic E-state index is 0.116. The molecule has 0 aliphatic heterocycles. The van der Waals surface area contributed by atoms with Gasteiger partial charge in [-0.1, -0.05) is 18.2 Å². The van der Waals surface area contributed by atoms with Gasteiger partial charge >= 0.3 is 5.97 Å². The van der Waals surface area contributed by atoms with Crippen molar-refractivity contribution in [2.75, 3.05) is 18.5 Å². The SMILES string of the molecule is Cc1cc2ccccc2nc1N(C)CCC(=O)O. The molecule has 0 fully saturated rings. The number of benzene rings is 1. The molecule has 0 saturated heterocycles. The fourth-order valence-corrected chi connectivity index (χ4v) is 1.97. The maximum Gasteiger partial charge on any atom is 0.305 e. The molecule has 0 radical (unpaired) electrons. The van der Waals surface area contributed by atoms with Crippen molar-refractivity contribution < 1.29 is 9.90 Å². The van der Waals surface area contributed by atoms with Crippen LogP contribution in [0.1, 0.15) is 12.0 Å². The molecule has 0 aliphatic carbocycles. The van der Waals surface area contributed by atoms with Crippen molar-refractivity contribution in [3.8, 4) is 0 Å². The molecular weight excluding hydrogens is 228 g/mol. The van der Waals surface area contributed by atoms with E-state index in [9.17, 15) is 4.79 Å². The third kappa shape index (κ3) is 2.59. The number of carbonyl (C=O) groups is 1. The molecule has 4 nitrogen and oxygen atoms in total. The first-order valence-electron chi connectivity index (χ1n) is 5.87. The van der Waals surface area contributed by atoms with E-state index in [1.807, 2.05) is 43.1 Å². The van der Waals surface area contributed by atoms with Crippen molar-refractivity contribution in [1.29, 1.82) is 0 Å². The second-order valence-electron chi connectivity index (χ2n) is 4.39. The number of aryl methyl sites for hydroxylation is 1. The molecule has 0 bridgehead atoms. The van der Waals surface area contributed by atoms with Gasteiger partial charge in [0, 0.05) is 19.0 Å². The molecule has 2 aromatic rings. The molecule has 0 saturated carbocycles. The van der Waals surface area contributed by atoms with Crippen LogP contribution in [0.2, 0.25) is 0 Å². The molecule has 18 heavy (non-hydrogen) atoms. The average molecular weight is 244 g/mol.